The lowest BCUT2D eigenvalue weighted by Gasteiger charge is -2.07. The fourth-order valence-corrected chi connectivity index (χ4v) is 2.88. The highest BCUT2D eigenvalue weighted by Gasteiger charge is 2.08. The van der Waals surface area contributed by atoms with Crippen molar-refractivity contribution in [3.63, 3.8) is 0 Å². The van der Waals surface area contributed by atoms with E-state index in [-0.39, 0.29) is 23.1 Å². The quantitative estimate of drug-likeness (QED) is 0.871. The molecule has 0 atom stereocenters. The first-order valence-electron chi connectivity index (χ1n) is 5.33. The van der Waals surface area contributed by atoms with Gasteiger partial charge in [0.05, 0.1) is 5.75 Å². The number of halogens is 2. The molecule has 1 rings (SSSR count). The second kappa shape index (κ2) is 6.21. The molecule has 0 aliphatic carbocycles. The third-order valence-electron chi connectivity index (χ3n) is 2.12. The summed E-state index contributed by atoms with van der Waals surface area (Å²) in [6.07, 6.45) is 0.605. The van der Waals surface area contributed by atoms with E-state index in [1.807, 2.05) is 6.92 Å². The van der Waals surface area contributed by atoms with Gasteiger partial charge in [-0.1, -0.05) is 18.5 Å². The molecule has 0 aromatic heterocycles. The minimum Gasteiger partial charge on any atom is -0.384 e. The molecule has 0 radical (unpaired) electrons. The van der Waals surface area contributed by atoms with Crippen LogP contribution in [0.5, 0.6) is 0 Å². The number of nitrogens with one attached hydrogen (secondary N) is 1. The van der Waals surface area contributed by atoms with Gasteiger partial charge in [0.25, 0.3) is 0 Å². The van der Waals surface area contributed by atoms with Gasteiger partial charge >= 0.3 is 0 Å². The molecule has 0 aliphatic heterocycles. The molecule has 0 spiro atoms. The third-order valence-corrected chi connectivity index (χ3v) is 4.19. The van der Waals surface area contributed by atoms with E-state index in [2.05, 4.69) is 5.32 Å². The summed E-state index contributed by atoms with van der Waals surface area (Å²) >= 11 is 5.67. The van der Waals surface area contributed by atoms with Gasteiger partial charge in [0.15, 0.2) is 9.84 Å². The highest BCUT2D eigenvalue weighted by Crippen LogP contribution is 2.17. The Labute approximate surface area is 106 Å². The Morgan fingerprint density at radius 3 is 2.59 bits per heavy atom. The lowest BCUT2D eigenvalue weighted by molar-refractivity contribution is 0.595. The Kier molecular flexibility index (Phi) is 5.21. The predicted octanol–water partition coefficient (Wildman–Crippen LogP) is 2.72. The van der Waals surface area contributed by atoms with Crippen molar-refractivity contribution in [2.75, 3.05) is 23.4 Å². The number of anilines is 1. The van der Waals surface area contributed by atoms with Crippen LogP contribution in [0, 0.1) is 5.82 Å². The average molecular weight is 280 g/mol. The lowest BCUT2D eigenvalue weighted by atomic mass is 10.3. The van der Waals surface area contributed by atoms with Crippen LogP contribution in [-0.2, 0) is 9.84 Å². The van der Waals surface area contributed by atoms with Crippen LogP contribution >= 0.6 is 11.6 Å². The second-order valence-electron chi connectivity index (χ2n) is 3.74. The summed E-state index contributed by atoms with van der Waals surface area (Å²) in [7, 11) is -3.01. The zero-order chi connectivity index (χ0) is 12.9. The normalized spacial score (nSPS) is 11.5. The van der Waals surface area contributed by atoms with Crippen LogP contribution in [-0.4, -0.2) is 26.5 Å². The first-order valence-corrected chi connectivity index (χ1v) is 7.53. The van der Waals surface area contributed by atoms with Crippen molar-refractivity contribution in [1.29, 1.82) is 0 Å². The first kappa shape index (κ1) is 14.3. The Morgan fingerprint density at radius 2 is 2.00 bits per heavy atom. The molecular formula is C11H15ClFNO2S. The highest BCUT2D eigenvalue weighted by molar-refractivity contribution is 7.91. The molecule has 6 heteroatoms. The summed E-state index contributed by atoms with van der Waals surface area (Å²) < 4.78 is 35.8. The molecule has 0 unspecified atom stereocenters. The zero-order valence-electron chi connectivity index (χ0n) is 9.54. The van der Waals surface area contributed by atoms with E-state index in [0.29, 0.717) is 12.1 Å². The molecule has 0 heterocycles. The van der Waals surface area contributed by atoms with E-state index in [1.165, 1.54) is 12.1 Å². The molecule has 17 heavy (non-hydrogen) atoms. The van der Waals surface area contributed by atoms with Gasteiger partial charge in [0, 0.05) is 23.0 Å². The second-order valence-corrected chi connectivity index (χ2v) is 6.48. The van der Waals surface area contributed by atoms with Crippen molar-refractivity contribution in [3.8, 4) is 0 Å². The number of hydrogen-bond acceptors (Lipinski definition) is 3. The van der Waals surface area contributed by atoms with Gasteiger partial charge in [-0.2, -0.15) is 0 Å². The van der Waals surface area contributed by atoms with E-state index < -0.39 is 15.7 Å². The van der Waals surface area contributed by atoms with Crippen LogP contribution in [0.15, 0.2) is 18.2 Å². The molecule has 1 aromatic rings. The fraction of sp³-hybridized carbons (Fsp3) is 0.455. The first-order chi connectivity index (χ1) is 7.93. The minimum atomic E-state index is -3.01. The van der Waals surface area contributed by atoms with Crippen LogP contribution in [0.2, 0.25) is 5.02 Å². The van der Waals surface area contributed by atoms with Crippen molar-refractivity contribution in [1.82, 2.24) is 0 Å². The van der Waals surface area contributed by atoms with E-state index in [9.17, 15) is 12.8 Å². The Hall–Kier alpha value is -0.810. The Morgan fingerprint density at radius 1 is 1.29 bits per heavy atom. The molecule has 1 aromatic carbocycles. The average Bonchev–Trinajstić information content (AvgIpc) is 2.15. The maximum Gasteiger partial charge on any atom is 0.152 e. The van der Waals surface area contributed by atoms with Crippen molar-refractivity contribution in [2.45, 2.75) is 13.3 Å². The third kappa shape index (κ3) is 5.37. The van der Waals surface area contributed by atoms with Gasteiger partial charge < -0.3 is 5.32 Å². The van der Waals surface area contributed by atoms with Crippen LogP contribution in [0.25, 0.3) is 0 Å². The zero-order valence-corrected chi connectivity index (χ0v) is 11.1. The Bertz CT molecular complexity index is 456. The van der Waals surface area contributed by atoms with Crippen LogP contribution in [0.1, 0.15) is 13.3 Å². The molecule has 0 saturated carbocycles. The Balaban J connectivity index is 2.51. The SMILES string of the molecule is CCCS(=O)(=O)CCNc1cc(F)cc(Cl)c1. The molecular weight excluding hydrogens is 265 g/mol. The summed E-state index contributed by atoms with van der Waals surface area (Å²) in [5.74, 6) is -0.232. The number of sulfone groups is 1. The van der Waals surface area contributed by atoms with Crippen molar-refractivity contribution in [2.24, 2.45) is 0 Å². The molecule has 1 N–H and O–H groups in total. The molecule has 0 saturated heterocycles. The standard InChI is InChI=1S/C11H15ClFNO2S/c1-2-4-17(15,16)5-3-14-11-7-9(12)6-10(13)8-11/h6-8,14H,2-5H2,1H3. The lowest BCUT2D eigenvalue weighted by Crippen LogP contribution is -2.18. The molecule has 0 bridgehead atoms. The van der Waals surface area contributed by atoms with Gasteiger partial charge in [-0.3, -0.25) is 0 Å². The monoisotopic (exact) mass is 279 g/mol. The highest BCUT2D eigenvalue weighted by atomic mass is 35.5. The molecule has 0 amide bonds. The van der Waals surface area contributed by atoms with E-state index in [0.717, 1.165) is 0 Å². The smallest absolute Gasteiger partial charge is 0.152 e. The summed E-state index contributed by atoms with van der Waals surface area (Å²) in [5, 5.41) is 3.12. The maximum atomic E-state index is 13.0. The van der Waals surface area contributed by atoms with Crippen LogP contribution < -0.4 is 5.32 Å². The summed E-state index contributed by atoms with van der Waals surface area (Å²) in [4.78, 5) is 0. The topological polar surface area (TPSA) is 46.2 Å². The number of rotatable bonds is 6. The van der Waals surface area contributed by atoms with Crippen molar-refractivity contribution in [3.05, 3.63) is 29.0 Å². The summed E-state index contributed by atoms with van der Waals surface area (Å²) in [6.45, 7) is 2.07. The molecule has 96 valence electrons. The minimum absolute atomic E-state index is 0.0367. The predicted molar refractivity (Wildman–Crippen MR) is 68.8 cm³/mol. The summed E-state index contributed by atoms with van der Waals surface area (Å²) in [5.41, 5.74) is 0.488. The van der Waals surface area contributed by atoms with Gasteiger partial charge in [-0.25, -0.2) is 12.8 Å². The summed E-state index contributed by atoms with van der Waals surface area (Å²) in [6, 6.07) is 4.02. The molecule has 0 aliphatic rings. The number of hydrogen-bond donors (Lipinski definition) is 1. The largest absolute Gasteiger partial charge is 0.384 e. The van der Waals surface area contributed by atoms with E-state index >= 15 is 0 Å². The van der Waals surface area contributed by atoms with Gasteiger partial charge in [0.2, 0.25) is 0 Å². The molecule has 0 fully saturated rings. The van der Waals surface area contributed by atoms with Crippen molar-refractivity contribution < 1.29 is 12.8 Å². The fourth-order valence-electron chi connectivity index (χ4n) is 1.42. The van der Waals surface area contributed by atoms with Gasteiger partial charge in [-0.05, 0) is 24.6 Å². The van der Waals surface area contributed by atoms with E-state index in [4.69, 9.17) is 11.6 Å². The van der Waals surface area contributed by atoms with Crippen LogP contribution in [0.4, 0.5) is 10.1 Å². The van der Waals surface area contributed by atoms with Gasteiger partial charge in [-0.15, -0.1) is 0 Å². The maximum absolute atomic E-state index is 13.0. The van der Waals surface area contributed by atoms with Crippen LogP contribution in [0.3, 0.4) is 0 Å². The van der Waals surface area contributed by atoms with Gasteiger partial charge in [0.1, 0.15) is 5.82 Å². The van der Waals surface area contributed by atoms with Crippen molar-refractivity contribution >= 4 is 27.1 Å². The molecule has 3 nitrogen and oxygen atoms in total. The number of benzene rings is 1. The van der Waals surface area contributed by atoms with E-state index in [1.54, 1.807) is 6.07 Å².